The van der Waals surface area contributed by atoms with Gasteiger partial charge in [0.1, 0.15) is 11.6 Å². The first kappa shape index (κ1) is 17.6. The van der Waals surface area contributed by atoms with Crippen LogP contribution in [-0.4, -0.2) is 10.9 Å². The lowest BCUT2D eigenvalue weighted by Gasteiger charge is -2.09. The Morgan fingerprint density at radius 1 is 1.00 bits per heavy atom. The van der Waals surface area contributed by atoms with E-state index in [2.05, 4.69) is 15.6 Å². The first-order valence-electron chi connectivity index (χ1n) is 8.39. The van der Waals surface area contributed by atoms with Gasteiger partial charge in [-0.2, -0.15) is 0 Å². The number of benzene rings is 2. The Labute approximate surface area is 152 Å². The van der Waals surface area contributed by atoms with Crippen LogP contribution in [0.3, 0.4) is 0 Å². The third-order valence-corrected chi connectivity index (χ3v) is 4.08. The molecule has 0 spiro atoms. The first-order valence-corrected chi connectivity index (χ1v) is 8.39. The average Bonchev–Trinajstić information content (AvgIpc) is 2.64. The zero-order valence-electron chi connectivity index (χ0n) is 14.5. The second kappa shape index (κ2) is 8.25. The average molecular weight is 349 g/mol. The monoisotopic (exact) mass is 349 g/mol. The standard InChI is InChI=1S/C21H20FN3O/c1-15-6-2-3-7-16(15)12-21(26)25-18-10-11-20(24-14-18)23-13-17-8-4-5-9-19(17)22/h2-11,14H,12-13H2,1H3,(H,23,24)(H,25,26). The number of rotatable bonds is 6. The molecule has 1 amide bonds. The summed E-state index contributed by atoms with van der Waals surface area (Å²) >= 11 is 0. The van der Waals surface area contributed by atoms with Crippen molar-refractivity contribution in [2.45, 2.75) is 19.9 Å². The van der Waals surface area contributed by atoms with E-state index in [9.17, 15) is 9.18 Å². The number of nitrogens with zero attached hydrogens (tertiary/aromatic N) is 1. The summed E-state index contributed by atoms with van der Waals surface area (Å²) in [5.74, 6) is 0.276. The van der Waals surface area contributed by atoms with Gasteiger partial charge in [-0.05, 0) is 36.2 Å². The molecule has 4 nitrogen and oxygen atoms in total. The van der Waals surface area contributed by atoms with Gasteiger partial charge < -0.3 is 10.6 Å². The third kappa shape index (κ3) is 4.66. The van der Waals surface area contributed by atoms with Gasteiger partial charge in [0, 0.05) is 12.1 Å². The number of aromatic nitrogens is 1. The molecule has 1 aromatic heterocycles. The number of pyridine rings is 1. The van der Waals surface area contributed by atoms with Crippen molar-refractivity contribution >= 4 is 17.4 Å². The SMILES string of the molecule is Cc1ccccc1CC(=O)Nc1ccc(NCc2ccccc2F)nc1. The molecule has 0 aliphatic rings. The number of carbonyl (C=O) groups excluding carboxylic acids is 1. The van der Waals surface area contributed by atoms with Gasteiger partial charge in [0.15, 0.2) is 0 Å². The van der Waals surface area contributed by atoms with Crippen molar-refractivity contribution in [2.75, 3.05) is 10.6 Å². The fourth-order valence-electron chi connectivity index (χ4n) is 2.59. The summed E-state index contributed by atoms with van der Waals surface area (Å²) in [4.78, 5) is 16.4. The largest absolute Gasteiger partial charge is 0.366 e. The second-order valence-corrected chi connectivity index (χ2v) is 6.03. The maximum atomic E-state index is 13.6. The quantitative estimate of drug-likeness (QED) is 0.697. The van der Waals surface area contributed by atoms with Crippen LogP contribution in [0.4, 0.5) is 15.9 Å². The van der Waals surface area contributed by atoms with Crippen LogP contribution in [0.25, 0.3) is 0 Å². The smallest absolute Gasteiger partial charge is 0.228 e. The van der Waals surface area contributed by atoms with E-state index in [1.165, 1.54) is 6.07 Å². The van der Waals surface area contributed by atoms with E-state index in [-0.39, 0.29) is 11.7 Å². The lowest BCUT2D eigenvalue weighted by molar-refractivity contribution is -0.115. The summed E-state index contributed by atoms with van der Waals surface area (Å²) in [6.45, 7) is 2.33. The van der Waals surface area contributed by atoms with Gasteiger partial charge in [0.25, 0.3) is 0 Å². The summed E-state index contributed by atoms with van der Waals surface area (Å²) in [5, 5.41) is 5.90. The molecule has 5 heteroatoms. The number of hydrogen-bond donors (Lipinski definition) is 2. The van der Waals surface area contributed by atoms with Gasteiger partial charge in [-0.3, -0.25) is 4.79 Å². The molecule has 1 heterocycles. The van der Waals surface area contributed by atoms with Gasteiger partial charge >= 0.3 is 0 Å². The molecule has 0 saturated carbocycles. The number of halogens is 1. The van der Waals surface area contributed by atoms with Crippen molar-refractivity contribution in [3.8, 4) is 0 Å². The lowest BCUT2D eigenvalue weighted by Crippen LogP contribution is -2.15. The minimum absolute atomic E-state index is 0.0897. The fourth-order valence-corrected chi connectivity index (χ4v) is 2.59. The van der Waals surface area contributed by atoms with Crippen molar-refractivity contribution in [1.29, 1.82) is 0 Å². The van der Waals surface area contributed by atoms with Gasteiger partial charge in [0.2, 0.25) is 5.91 Å². The van der Waals surface area contributed by atoms with Crippen LogP contribution in [0.1, 0.15) is 16.7 Å². The summed E-state index contributed by atoms with van der Waals surface area (Å²) in [7, 11) is 0. The van der Waals surface area contributed by atoms with Crippen LogP contribution in [0, 0.1) is 12.7 Å². The van der Waals surface area contributed by atoms with Crippen LogP contribution in [0.5, 0.6) is 0 Å². The highest BCUT2D eigenvalue weighted by Crippen LogP contribution is 2.14. The number of amides is 1. The van der Waals surface area contributed by atoms with Crippen molar-refractivity contribution in [2.24, 2.45) is 0 Å². The van der Waals surface area contributed by atoms with Crippen LogP contribution < -0.4 is 10.6 Å². The zero-order valence-corrected chi connectivity index (χ0v) is 14.5. The summed E-state index contributed by atoms with van der Waals surface area (Å²) < 4.78 is 13.6. The number of nitrogens with one attached hydrogen (secondary N) is 2. The van der Waals surface area contributed by atoms with E-state index in [0.29, 0.717) is 30.0 Å². The number of anilines is 2. The fraction of sp³-hybridized carbons (Fsp3) is 0.143. The first-order chi connectivity index (χ1) is 12.6. The second-order valence-electron chi connectivity index (χ2n) is 6.03. The highest BCUT2D eigenvalue weighted by molar-refractivity contribution is 5.92. The van der Waals surface area contributed by atoms with Gasteiger partial charge in [-0.1, -0.05) is 42.5 Å². The normalized spacial score (nSPS) is 10.4. The summed E-state index contributed by atoms with van der Waals surface area (Å²) in [5.41, 5.74) is 3.29. The van der Waals surface area contributed by atoms with Gasteiger partial charge in [-0.25, -0.2) is 9.37 Å². The molecule has 2 N–H and O–H groups in total. The van der Waals surface area contributed by atoms with E-state index in [4.69, 9.17) is 0 Å². The molecular formula is C21H20FN3O. The molecule has 132 valence electrons. The summed E-state index contributed by atoms with van der Waals surface area (Å²) in [6.07, 6.45) is 1.90. The Morgan fingerprint density at radius 2 is 1.73 bits per heavy atom. The molecule has 0 unspecified atom stereocenters. The molecule has 0 saturated heterocycles. The Morgan fingerprint density at radius 3 is 2.42 bits per heavy atom. The van der Waals surface area contributed by atoms with Crippen molar-refractivity contribution in [1.82, 2.24) is 4.98 Å². The van der Waals surface area contributed by atoms with E-state index < -0.39 is 0 Å². The molecule has 0 radical (unpaired) electrons. The molecule has 0 atom stereocenters. The summed E-state index contributed by atoms with van der Waals surface area (Å²) in [6, 6.07) is 17.9. The van der Waals surface area contributed by atoms with Gasteiger partial charge in [0.05, 0.1) is 18.3 Å². The molecule has 3 rings (SSSR count). The molecule has 0 aliphatic carbocycles. The van der Waals surface area contributed by atoms with Gasteiger partial charge in [-0.15, -0.1) is 0 Å². The van der Waals surface area contributed by atoms with Crippen LogP contribution in [0.2, 0.25) is 0 Å². The third-order valence-electron chi connectivity index (χ3n) is 4.08. The Hall–Kier alpha value is -3.21. The van der Waals surface area contributed by atoms with Crippen molar-refractivity contribution < 1.29 is 9.18 Å². The topological polar surface area (TPSA) is 54.0 Å². The Bertz CT molecular complexity index is 894. The number of aryl methyl sites for hydroxylation is 1. The Kier molecular flexibility index (Phi) is 5.59. The van der Waals surface area contributed by atoms with Crippen molar-refractivity contribution in [3.05, 3.63) is 89.4 Å². The number of carbonyl (C=O) groups is 1. The minimum atomic E-state index is -0.250. The van der Waals surface area contributed by atoms with Crippen LogP contribution in [-0.2, 0) is 17.8 Å². The molecular weight excluding hydrogens is 329 g/mol. The maximum absolute atomic E-state index is 13.6. The highest BCUT2D eigenvalue weighted by Gasteiger charge is 2.07. The van der Waals surface area contributed by atoms with E-state index in [0.717, 1.165) is 11.1 Å². The molecule has 26 heavy (non-hydrogen) atoms. The predicted molar refractivity (Wildman–Crippen MR) is 101 cm³/mol. The molecule has 2 aromatic carbocycles. The van der Waals surface area contributed by atoms with Crippen LogP contribution >= 0.6 is 0 Å². The lowest BCUT2D eigenvalue weighted by atomic mass is 10.1. The predicted octanol–water partition coefficient (Wildman–Crippen LogP) is 4.32. The minimum Gasteiger partial charge on any atom is -0.366 e. The molecule has 0 aliphatic heterocycles. The number of hydrogen-bond acceptors (Lipinski definition) is 3. The molecule has 3 aromatic rings. The molecule has 0 fully saturated rings. The van der Waals surface area contributed by atoms with Crippen molar-refractivity contribution in [3.63, 3.8) is 0 Å². The van der Waals surface area contributed by atoms with Crippen LogP contribution in [0.15, 0.2) is 66.9 Å². The maximum Gasteiger partial charge on any atom is 0.228 e. The Balaban J connectivity index is 1.55. The van der Waals surface area contributed by atoms with E-state index >= 15 is 0 Å². The molecule has 0 bridgehead atoms. The highest BCUT2D eigenvalue weighted by atomic mass is 19.1. The van der Waals surface area contributed by atoms with E-state index in [1.54, 1.807) is 36.5 Å². The zero-order chi connectivity index (χ0) is 18.4. The van der Waals surface area contributed by atoms with E-state index in [1.807, 2.05) is 31.2 Å².